The van der Waals surface area contributed by atoms with Gasteiger partial charge < -0.3 is 15.3 Å². The van der Waals surface area contributed by atoms with E-state index in [-0.39, 0.29) is 18.0 Å². The van der Waals surface area contributed by atoms with Gasteiger partial charge in [0.2, 0.25) is 0 Å². The molecule has 0 heterocycles. The van der Waals surface area contributed by atoms with Crippen LogP contribution >= 0.6 is 11.6 Å². The van der Waals surface area contributed by atoms with Gasteiger partial charge in [0, 0.05) is 17.3 Å². The second-order valence-corrected chi connectivity index (χ2v) is 7.74. The van der Waals surface area contributed by atoms with E-state index in [4.69, 9.17) is 11.6 Å². The maximum atomic E-state index is 12.7. The Bertz CT molecular complexity index is 698. The van der Waals surface area contributed by atoms with Crippen LogP contribution in [0.15, 0.2) is 54.6 Å². The first-order chi connectivity index (χ1) is 11.7. The van der Waals surface area contributed by atoms with E-state index in [1.807, 2.05) is 30.3 Å². The second kappa shape index (κ2) is 8.37. The maximum absolute atomic E-state index is 12.7. The topological polar surface area (TPSA) is 52.6 Å². The van der Waals surface area contributed by atoms with Crippen molar-refractivity contribution in [3.63, 3.8) is 0 Å². The number of nitrogens with zero attached hydrogens (tertiary/aromatic N) is 1. The number of aliphatic hydroxyl groups is 1. The van der Waals surface area contributed by atoms with E-state index in [0.717, 1.165) is 5.56 Å². The van der Waals surface area contributed by atoms with Crippen LogP contribution in [0.3, 0.4) is 0 Å². The quantitative estimate of drug-likeness (QED) is 0.792. The number of nitrogens with one attached hydrogen (secondary N) is 1. The lowest BCUT2D eigenvalue weighted by atomic mass is 9.95. The first-order valence-corrected chi connectivity index (χ1v) is 8.67. The van der Waals surface area contributed by atoms with Crippen molar-refractivity contribution < 1.29 is 9.90 Å². The number of carbonyl (C=O) groups excluding carboxylic acids is 1. The van der Waals surface area contributed by atoms with Crippen LogP contribution in [-0.2, 0) is 0 Å². The Hall–Kier alpha value is -2.04. The maximum Gasteiger partial charge on any atom is 0.321 e. The number of urea groups is 1. The Balaban J connectivity index is 2.13. The number of amides is 2. The minimum atomic E-state index is -0.742. The first kappa shape index (κ1) is 19.3. The van der Waals surface area contributed by atoms with Crippen LogP contribution in [-0.4, -0.2) is 29.1 Å². The summed E-state index contributed by atoms with van der Waals surface area (Å²) in [6.07, 6.45) is -0.742. The van der Waals surface area contributed by atoms with Gasteiger partial charge in [-0.3, -0.25) is 0 Å². The smallest absolute Gasteiger partial charge is 0.321 e. The molecule has 0 aliphatic heterocycles. The van der Waals surface area contributed by atoms with E-state index < -0.39 is 6.10 Å². The molecule has 1 atom stereocenters. The molecule has 4 nitrogen and oxygen atoms in total. The average Bonchev–Trinajstić information content (AvgIpc) is 2.53. The summed E-state index contributed by atoms with van der Waals surface area (Å²) in [6.45, 7) is 6.90. The molecule has 0 bridgehead atoms. The van der Waals surface area contributed by atoms with Crippen LogP contribution in [0.2, 0.25) is 5.02 Å². The zero-order valence-electron chi connectivity index (χ0n) is 14.9. The molecular formula is C20H25ClN2O2. The molecule has 0 radical (unpaired) electrons. The van der Waals surface area contributed by atoms with Gasteiger partial charge in [-0.25, -0.2) is 4.79 Å². The highest BCUT2D eigenvalue weighted by Crippen LogP contribution is 2.21. The standard InChI is InChI=1S/C20H25ClN2O2/c1-20(2,3)14-23(13-18(24)15-8-5-4-6-9-15)19(25)22-17-11-7-10-16(21)12-17/h4-12,18,24H,13-14H2,1-3H3,(H,22,25)/t18-/m1/s1. The van der Waals surface area contributed by atoms with Gasteiger partial charge >= 0.3 is 6.03 Å². The number of aliphatic hydroxyl groups excluding tert-OH is 1. The molecule has 0 spiro atoms. The Labute approximate surface area is 154 Å². The Morgan fingerprint density at radius 2 is 1.84 bits per heavy atom. The largest absolute Gasteiger partial charge is 0.387 e. The molecular weight excluding hydrogens is 336 g/mol. The second-order valence-electron chi connectivity index (χ2n) is 7.31. The number of carbonyl (C=O) groups is 1. The number of anilines is 1. The SMILES string of the molecule is CC(C)(C)CN(C[C@@H](O)c1ccccc1)C(=O)Nc1cccc(Cl)c1. The molecule has 0 saturated carbocycles. The number of benzene rings is 2. The van der Waals surface area contributed by atoms with Gasteiger partial charge in [0.1, 0.15) is 0 Å². The van der Waals surface area contributed by atoms with Crippen LogP contribution in [0, 0.1) is 5.41 Å². The molecule has 0 aliphatic rings. The van der Waals surface area contributed by atoms with Crippen molar-refractivity contribution in [3.8, 4) is 0 Å². The van der Waals surface area contributed by atoms with Gasteiger partial charge in [-0.1, -0.05) is 68.8 Å². The highest BCUT2D eigenvalue weighted by Gasteiger charge is 2.24. The normalized spacial score (nSPS) is 12.5. The van der Waals surface area contributed by atoms with Crippen LogP contribution in [0.5, 0.6) is 0 Å². The summed E-state index contributed by atoms with van der Waals surface area (Å²) in [5.41, 5.74) is 1.32. The molecule has 0 aromatic heterocycles. The first-order valence-electron chi connectivity index (χ1n) is 8.29. The molecule has 2 N–H and O–H groups in total. The fraction of sp³-hybridized carbons (Fsp3) is 0.350. The van der Waals surface area contributed by atoms with Crippen molar-refractivity contribution in [1.82, 2.24) is 4.90 Å². The third-order valence-corrected chi connectivity index (χ3v) is 3.84. The van der Waals surface area contributed by atoms with Crippen LogP contribution < -0.4 is 5.32 Å². The van der Waals surface area contributed by atoms with Gasteiger partial charge in [-0.2, -0.15) is 0 Å². The Morgan fingerprint density at radius 3 is 2.44 bits per heavy atom. The monoisotopic (exact) mass is 360 g/mol. The number of hydrogen-bond acceptors (Lipinski definition) is 2. The minimum absolute atomic E-state index is 0.0952. The molecule has 2 aromatic rings. The summed E-state index contributed by atoms with van der Waals surface area (Å²) in [6, 6.07) is 16.1. The van der Waals surface area contributed by atoms with E-state index in [0.29, 0.717) is 17.3 Å². The highest BCUT2D eigenvalue weighted by molar-refractivity contribution is 6.30. The molecule has 5 heteroatoms. The molecule has 25 heavy (non-hydrogen) atoms. The number of rotatable bonds is 5. The molecule has 2 amide bonds. The van der Waals surface area contributed by atoms with Crippen molar-refractivity contribution in [3.05, 3.63) is 65.2 Å². The third-order valence-electron chi connectivity index (χ3n) is 3.61. The molecule has 0 saturated heterocycles. The molecule has 0 aliphatic carbocycles. The van der Waals surface area contributed by atoms with E-state index in [9.17, 15) is 9.90 Å². The van der Waals surface area contributed by atoms with E-state index >= 15 is 0 Å². The molecule has 134 valence electrons. The molecule has 0 fully saturated rings. The van der Waals surface area contributed by atoms with Crippen molar-refractivity contribution >= 4 is 23.3 Å². The van der Waals surface area contributed by atoms with Gasteiger partial charge in [0.25, 0.3) is 0 Å². The predicted octanol–water partition coefficient (Wildman–Crippen LogP) is 4.95. The van der Waals surface area contributed by atoms with Crippen molar-refractivity contribution in [1.29, 1.82) is 0 Å². The van der Waals surface area contributed by atoms with E-state index in [1.165, 1.54) is 0 Å². The average molecular weight is 361 g/mol. The summed E-state index contributed by atoms with van der Waals surface area (Å²) in [4.78, 5) is 14.4. The molecule has 2 aromatic carbocycles. The minimum Gasteiger partial charge on any atom is -0.387 e. The summed E-state index contributed by atoms with van der Waals surface area (Å²) in [5, 5.41) is 13.9. The Kier molecular flexibility index (Phi) is 6.45. The summed E-state index contributed by atoms with van der Waals surface area (Å²) in [7, 11) is 0. The predicted molar refractivity (Wildman–Crippen MR) is 103 cm³/mol. The fourth-order valence-corrected chi connectivity index (χ4v) is 2.74. The van der Waals surface area contributed by atoms with E-state index in [1.54, 1.807) is 29.2 Å². The van der Waals surface area contributed by atoms with Crippen LogP contribution in [0.25, 0.3) is 0 Å². The van der Waals surface area contributed by atoms with Crippen molar-refractivity contribution in [2.45, 2.75) is 26.9 Å². The van der Waals surface area contributed by atoms with Crippen molar-refractivity contribution in [2.24, 2.45) is 5.41 Å². The van der Waals surface area contributed by atoms with Gasteiger partial charge in [-0.15, -0.1) is 0 Å². The van der Waals surface area contributed by atoms with Crippen molar-refractivity contribution in [2.75, 3.05) is 18.4 Å². The van der Waals surface area contributed by atoms with Gasteiger partial charge in [-0.05, 0) is 29.2 Å². The third kappa shape index (κ3) is 6.40. The summed E-state index contributed by atoms with van der Waals surface area (Å²) in [5.74, 6) is 0. The lowest BCUT2D eigenvalue weighted by Gasteiger charge is -2.31. The van der Waals surface area contributed by atoms with E-state index in [2.05, 4.69) is 26.1 Å². The highest BCUT2D eigenvalue weighted by atomic mass is 35.5. The zero-order valence-corrected chi connectivity index (χ0v) is 15.6. The summed E-state index contributed by atoms with van der Waals surface area (Å²) < 4.78 is 0. The zero-order chi connectivity index (χ0) is 18.4. The lowest BCUT2D eigenvalue weighted by Crippen LogP contribution is -2.42. The van der Waals surface area contributed by atoms with Gasteiger partial charge in [0.05, 0.1) is 12.6 Å². The fourth-order valence-electron chi connectivity index (χ4n) is 2.55. The Morgan fingerprint density at radius 1 is 1.16 bits per heavy atom. The molecule has 0 unspecified atom stereocenters. The lowest BCUT2D eigenvalue weighted by molar-refractivity contribution is 0.110. The van der Waals surface area contributed by atoms with Crippen LogP contribution in [0.4, 0.5) is 10.5 Å². The number of halogens is 1. The van der Waals surface area contributed by atoms with Crippen LogP contribution in [0.1, 0.15) is 32.4 Å². The number of hydrogen-bond donors (Lipinski definition) is 2. The molecule has 2 rings (SSSR count). The summed E-state index contributed by atoms with van der Waals surface area (Å²) >= 11 is 5.97. The van der Waals surface area contributed by atoms with Gasteiger partial charge in [0.15, 0.2) is 0 Å².